The molecule has 1 aromatic heterocycles. The summed E-state index contributed by atoms with van der Waals surface area (Å²) in [7, 11) is 1.77. The summed E-state index contributed by atoms with van der Waals surface area (Å²) in [6.45, 7) is 7.40. The second-order valence-electron chi connectivity index (χ2n) is 7.08. The van der Waals surface area contributed by atoms with Crippen molar-refractivity contribution in [2.24, 2.45) is 11.1 Å². The minimum absolute atomic E-state index is 0.00670. The molecule has 0 atom stereocenters. The number of carbonyl (C=O) groups excluding carboxylic acids is 1. The van der Waals surface area contributed by atoms with E-state index in [1.54, 1.807) is 18.0 Å². The monoisotopic (exact) mass is 330 g/mol. The Labute approximate surface area is 142 Å². The van der Waals surface area contributed by atoms with Crippen molar-refractivity contribution in [3.63, 3.8) is 0 Å². The number of amides is 1. The van der Waals surface area contributed by atoms with E-state index in [9.17, 15) is 9.59 Å². The van der Waals surface area contributed by atoms with Crippen LogP contribution in [-0.4, -0.2) is 40.5 Å². The van der Waals surface area contributed by atoms with E-state index < -0.39 is 0 Å². The molecule has 0 saturated heterocycles. The molecule has 0 saturated carbocycles. The number of hydrogen-bond acceptors (Lipinski definition) is 4. The highest BCUT2D eigenvalue weighted by atomic mass is 16.2. The van der Waals surface area contributed by atoms with Crippen molar-refractivity contribution >= 4 is 16.8 Å². The van der Waals surface area contributed by atoms with Crippen molar-refractivity contribution in [2.75, 3.05) is 20.1 Å². The van der Waals surface area contributed by atoms with Gasteiger partial charge >= 0.3 is 0 Å². The maximum absolute atomic E-state index is 12.5. The molecule has 0 radical (unpaired) electrons. The van der Waals surface area contributed by atoms with Gasteiger partial charge in [-0.1, -0.05) is 26.0 Å². The third kappa shape index (κ3) is 4.00. The van der Waals surface area contributed by atoms with Crippen LogP contribution in [0.25, 0.3) is 10.9 Å². The molecule has 0 aliphatic carbocycles. The van der Waals surface area contributed by atoms with Gasteiger partial charge in [0.25, 0.3) is 5.56 Å². The summed E-state index contributed by atoms with van der Waals surface area (Å²) in [5.41, 5.74) is 7.17. The molecular weight excluding hydrogens is 304 g/mol. The van der Waals surface area contributed by atoms with Gasteiger partial charge in [0.05, 0.1) is 17.2 Å². The van der Waals surface area contributed by atoms with Crippen molar-refractivity contribution in [3.8, 4) is 0 Å². The molecule has 2 rings (SSSR count). The lowest BCUT2D eigenvalue weighted by molar-refractivity contribution is -0.131. The number of rotatable bonds is 6. The molecule has 1 aromatic carbocycles. The van der Waals surface area contributed by atoms with Gasteiger partial charge in [-0.15, -0.1) is 0 Å². The van der Waals surface area contributed by atoms with E-state index in [1.165, 1.54) is 10.9 Å². The van der Waals surface area contributed by atoms with Gasteiger partial charge in [-0.25, -0.2) is 4.98 Å². The Morgan fingerprint density at radius 2 is 2.08 bits per heavy atom. The molecule has 0 unspecified atom stereocenters. The molecular formula is C18H26N4O2. The molecule has 0 fully saturated rings. The summed E-state index contributed by atoms with van der Waals surface area (Å²) in [6, 6.07) is 5.54. The van der Waals surface area contributed by atoms with Crippen molar-refractivity contribution < 1.29 is 4.79 Å². The number of fused-ring (bicyclic) bond motifs is 1. The van der Waals surface area contributed by atoms with Crippen LogP contribution in [0.4, 0.5) is 0 Å². The Kier molecular flexibility index (Phi) is 5.39. The van der Waals surface area contributed by atoms with Gasteiger partial charge in [0.2, 0.25) is 5.91 Å². The molecule has 6 nitrogen and oxygen atoms in total. The van der Waals surface area contributed by atoms with E-state index >= 15 is 0 Å². The smallest absolute Gasteiger partial charge is 0.261 e. The first kappa shape index (κ1) is 18.1. The summed E-state index contributed by atoms with van der Waals surface area (Å²) < 4.78 is 1.50. The third-order valence-electron chi connectivity index (χ3n) is 4.27. The van der Waals surface area contributed by atoms with Crippen LogP contribution in [0, 0.1) is 12.3 Å². The van der Waals surface area contributed by atoms with Crippen molar-refractivity contribution in [2.45, 2.75) is 33.7 Å². The largest absolute Gasteiger partial charge is 0.345 e. The number of hydrogen-bond donors (Lipinski definition) is 1. The standard InChI is InChI=1S/C18H26N4O2/c1-13-6-5-7-14-16(13)20-12-22(17(14)24)9-8-15(23)21(4)11-18(2,3)10-19/h5-7,12H,8-11,19H2,1-4H3. The second-order valence-corrected chi connectivity index (χ2v) is 7.08. The Balaban J connectivity index is 2.10. The Morgan fingerprint density at radius 1 is 1.38 bits per heavy atom. The minimum Gasteiger partial charge on any atom is -0.345 e. The fourth-order valence-corrected chi connectivity index (χ4v) is 2.70. The summed E-state index contributed by atoms with van der Waals surface area (Å²) in [4.78, 5) is 30.8. The van der Waals surface area contributed by atoms with Crippen molar-refractivity contribution in [1.82, 2.24) is 14.5 Å². The zero-order valence-electron chi connectivity index (χ0n) is 14.9. The highest BCUT2D eigenvalue weighted by Gasteiger charge is 2.21. The first-order chi connectivity index (χ1) is 11.2. The van der Waals surface area contributed by atoms with Gasteiger partial charge in [0.15, 0.2) is 0 Å². The van der Waals surface area contributed by atoms with Crippen LogP contribution in [0.5, 0.6) is 0 Å². The Bertz CT molecular complexity index is 795. The highest BCUT2D eigenvalue weighted by molar-refractivity contribution is 5.80. The van der Waals surface area contributed by atoms with E-state index in [1.807, 2.05) is 32.9 Å². The lowest BCUT2D eigenvalue weighted by atomic mass is 9.93. The van der Waals surface area contributed by atoms with Gasteiger partial charge in [-0.3, -0.25) is 14.2 Å². The van der Waals surface area contributed by atoms with E-state index in [0.29, 0.717) is 30.5 Å². The molecule has 0 aliphatic rings. The molecule has 24 heavy (non-hydrogen) atoms. The van der Waals surface area contributed by atoms with Gasteiger partial charge in [0, 0.05) is 26.6 Å². The molecule has 6 heteroatoms. The van der Waals surface area contributed by atoms with Crippen LogP contribution in [0.2, 0.25) is 0 Å². The van der Waals surface area contributed by atoms with Gasteiger partial charge in [0.1, 0.15) is 0 Å². The van der Waals surface area contributed by atoms with Crippen LogP contribution in [-0.2, 0) is 11.3 Å². The summed E-state index contributed by atoms with van der Waals surface area (Å²) in [6.07, 6.45) is 1.78. The molecule has 1 heterocycles. The van der Waals surface area contributed by atoms with Gasteiger partial charge < -0.3 is 10.6 Å². The van der Waals surface area contributed by atoms with E-state index in [4.69, 9.17) is 5.73 Å². The number of carbonyl (C=O) groups is 1. The first-order valence-electron chi connectivity index (χ1n) is 8.14. The lowest BCUT2D eigenvalue weighted by Crippen LogP contribution is -2.40. The van der Waals surface area contributed by atoms with E-state index in [-0.39, 0.29) is 23.3 Å². The Hall–Kier alpha value is -2.21. The van der Waals surface area contributed by atoms with Gasteiger partial charge in [-0.2, -0.15) is 0 Å². The average Bonchev–Trinajstić information content (AvgIpc) is 2.54. The number of benzene rings is 1. The zero-order chi connectivity index (χ0) is 17.9. The van der Waals surface area contributed by atoms with E-state index in [0.717, 1.165) is 5.56 Å². The summed E-state index contributed by atoms with van der Waals surface area (Å²) in [5, 5.41) is 0.586. The van der Waals surface area contributed by atoms with Crippen LogP contribution in [0.15, 0.2) is 29.3 Å². The van der Waals surface area contributed by atoms with Crippen molar-refractivity contribution in [3.05, 3.63) is 40.4 Å². The van der Waals surface area contributed by atoms with Crippen LogP contribution < -0.4 is 11.3 Å². The lowest BCUT2D eigenvalue weighted by Gasteiger charge is -2.29. The first-order valence-corrected chi connectivity index (χ1v) is 8.14. The second kappa shape index (κ2) is 7.13. The predicted molar refractivity (Wildman–Crippen MR) is 95.8 cm³/mol. The summed E-state index contributed by atoms with van der Waals surface area (Å²) in [5.74, 6) is -0.00670. The third-order valence-corrected chi connectivity index (χ3v) is 4.27. The average molecular weight is 330 g/mol. The molecule has 2 N–H and O–H groups in total. The van der Waals surface area contributed by atoms with E-state index in [2.05, 4.69) is 4.98 Å². The van der Waals surface area contributed by atoms with Crippen LogP contribution in [0.1, 0.15) is 25.8 Å². The molecule has 2 aromatic rings. The summed E-state index contributed by atoms with van der Waals surface area (Å²) >= 11 is 0. The topological polar surface area (TPSA) is 81.2 Å². The molecule has 0 bridgehead atoms. The Morgan fingerprint density at radius 3 is 2.75 bits per heavy atom. The number of nitrogens with zero attached hydrogens (tertiary/aromatic N) is 3. The number of para-hydroxylation sites is 1. The van der Waals surface area contributed by atoms with Crippen LogP contribution >= 0.6 is 0 Å². The molecule has 130 valence electrons. The molecule has 1 amide bonds. The normalized spacial score (nSPS) is 11.7. The minimum atomic E-state index is -0.122. The van der Waals surface area contributed by atoms with Crippen LogP contribution in [0.3, 0.4) is 0 Å². The van der Waals surface area contributed by atoms with Crippen molar-refractivity contribution in [1.29, 1.82) is 0 Å². The predicted octanol–water partition coefficient (Wildman–Crippen LogP) is 1.54. The number of aryl methyl sites for hydroxylation is 2. The maximum Gasteiger partial charge on any atom is 0.261 e. The SMILES string of the molecule is Cc1cccc2c(=O)n(CCC(=O)N(C)CC(C)(C)CN)cnc12. The fraction of sp³-hybridized carbons (Fsp3) is 0.500. The fourth-order valence-electron chi connectivity index (χ4n) is 2.70. The number of aromatic nitrogens is 2. The van der Waals surface area contributed by atoms with Gasteiger partial charge in [-0.05, 0) is 30.5 Å². The molecule has 0 aliphatic heterocycles. The molecule has 0 spiro atoms. The zero-order valence-corrected chi connectivity index (χ0v) is 14.9. The quantitative estimate of drug-likeness (QED) is 0.871. The highest BCUT2D eigenvalue weighted by Crippen LogP contribution is 2.15. The maximum atomic E-state index is 12.5. The number of nitrogens with two attached hydrogens (primary N) is 1.